The number of benzene rings is 1. The third-order valence-corrected chi connectivity index (χ3v) is 3.80. The molecule has 0 unspecified atom stereocenters. The van der Waals surface area contributed by atoms with Crippen LogP contribution in [0.5, 0.6) is 0 Å². The van der Waals surface area contributed by atoms with Gasteiger partial charge >= 0.3 is 6.18 Å². The van der Waals surface area contributed by atoms with Gasteiger partial charge in [-0.15, -0.1) is 0 Å². The van der Waals surface area contributed by atoms with E-state index < -0.39 is 12.6 Å². The Morgan fingerprint density at radius 3 is 2.58 bits per heavy atom. The average molecular weight is 362 g/mol. The summed E-state index contributed by atoms with van der Waals surface area (Å²) in [6.45, 7) is 1.93. The van der Waals surface area contributed by atoms with E-state index in [1.54, 1.807) is 11.0 Å². The fourth-order valence-corrected chi connectivity index (χ4v) is 2.41. The predicted octanol–water partition coefficient (Wildman–Crippen LogP) is 3.73. The summed E-state index contributed by atoms with van der Waals surface area (Å²) in [4.78, 5) is 12.1. The fraction of sp³-hybridized carbons (Fsp3) is 0.294. The molecule has 1 atom stereocenters. The van der Waals surface area contributed by atoms with E-state index in [0.29, 0.717) is 11.6 Å². The van der Waals surface area contributed by atoms with Crippen LogP contribution in [-0.2, 0) is 6.42 Å². The molecule has 136 valence electrons. The Bertz CT molecular complexity index is 830. The fourth-order valence-electron chi connectivity index (χ4n) is 2.41. The van der Waals surface area contributed by atoms with Crippen LogP contribution in [0, 0.1) is 0 Å². The van der Waals surface area contributed by atoms with Gasteiger partial charge in [0.2, 0.25) is 5.95 Å². The number of alkyl halides is 3. The minimum Gasteiger partial charge on any atom is -0.348 e. The molecule has 0 aliphatic heterocycles. The van der Waals surface area contributed by atoms with E-state index in [-0.39, 0.29) is 12.5 Å². The number of aromatic nitrogens is 5. The first-order valence-electron chi connectivity index (χ1n) is 8.01. The molecule has 2 aromatic heterocycles. The minimum atomic E-state index is -4.20. The van der Waals surface area contributed by atoms with Gasteiger partial charge in [0.25, 0.3) is 0 Å². The predicted molar refractivity (Wildman–Crippen MR) is 89.8 cm³/mol. The molecular weight excluding hydrogens is 345 g/mol. The van der Waals surface area contributed by atoms with Crippen LogP contribution < -0.4 is 5.32 Å². The second kappa shape index (κ2) is 7.51. The average Bonchev–Trinajstić information content (AvgIpc) is 3.14. The molecule has 1 aromatic carbocycles. The number of hydrogen-bond acceptors (Lipinski definition) is 5. The monoisotopic (exact) mass is 362 g/mol. The van der Waals surface area contributed by atoms with E-state index >= 15 is 0 Å². The lowest BCUT2D eigenvalue weighted by atomic mass is 10.1. The van der Waals surface area contributed by atoms with E-state index in [0.717, 1.165) is 11.3 Å². The number of anilines is 1. The zero-order chi connectivity index (χ0) is 18.6. The first-order valence-corrected chi connectivity index (χ1v) is 8.01. The number of hydrogen-bond donors (Lipinski definition) is 1. The lowest BCUT2D eigenvalue weighted by Gasteiger charge is -2.15. The van der Waals surface area contributed by atoms with Crippen molar-refractivity contribution in [3.05, 3.63) is 60.4 Å². The van der Waals surface area contributed by atoms with Crippen LogP contribution in [0.25, 0.3) is 5.69 Å². The molecule has 0 spiro atoms. The van der Waals surface area contributed by atoms with Gasteiger partial charge in [0.1, 0.15) is 12.7 Å². The topological polar surface area (TPSA) is 68.5 Å². The van der Waals surface area contributed by atoms with Crippen molar-refractivity contribution in [2.24, 2.45) is 0 Å². The summed E-state index contributed by atoms with van der Waals surface area (Å²) in [7, 11) is 0. The molecular formula is C17H17F3N6. The standard InChI is InChI=1S/C17H17F3N6/c1-12(13-2-4-15(5-3-13)26-11-21-10-23-26)24-16-22-9-7-14(25-16)6-8-17(18,19)20/h2-5,7,9-12H,6,8H2,1H3,(H,22,24,25)/t12-/m1/s1. The van der Waals surface area contributed by atoms with Crippen molar-refractivity contribution >= 4 is 5.95 Å². The number of nitrogens with zero attached hydrogens (tertiary/aromatic N) is 5. The zero-order valence-corrected chi connectivity index (χ0v) is 14.0. The van der Waals surface area contributed by atoms with E-state index in [1.165, 1.54) is 18.6 Å². The lowest BCUT2D eigenvalue weighted by Crippen LogP contribution is -2.12. The molecule has 9 heteroatoms. The van der Waals surface area contributed by atoms with Crippen LogP contribution in [0.4, 0.5) is 19.1 Å². The maximum atomic E-state index is 12.3. The summed E-state index contributed by atoms with van der Waals surface area (Å²) in [6, 6.07) is 9.06. The summed E-state index contributed by atoms with van der Waals surface area (Å²) in [5, 5.41) is 7.17. The molecule has 1 N–H and O–H groups in total. The van der Waals surface area contributed by atoms with Crippen molar-refractivity contribution in [1.82, 2.24) is 24.7 Å². The third kappa shape index (κ3) is 4.78. The van der Waals surface area contributed by atoms with Gasteiger partial charge in [-0.1, -0.05) is 12.1 Å². The number of halogens is 3. The van der Waals surface area contributed by atoms with Gasteiger partial charge in [0, 0.05) is 18.3 Å². The molecule has 3 rings (SSSR count). The molecule has 0 fully saturated rings. The van der Waals surface area contributed by atoms with Gasteiger partial charge in [-0.25, -0.2) is 19.6 Å². The maximum Gasteiger partial charge on any atom is 0.389 e. The first-order chi connectivity index (χ1) is 12.4. The molecule has 0 aliphatic carbocycles. The Kier molecular flexibility index (Phi) is 5.15. The summed E-state index contributed by atoms with van der Waals surface area (Å²) in [5.41, 5.74) is 2.22. The Morgan fingerprint density at radius 2 is 1.92 bits per heavy atom. The second-order valence-corrected chi connectivity index (χ2v) is 5.78. The maximum absolute atomic E-state index is 12.3. The van der Waals surface area contributed by atoms with Gasteiger partial charge < -0.3 is 5.32 Å². The van der Waals surface area contributed by atoms with Crippen molar-refractivity contribution in [2.75, 3.05) is 5.32 Å². The molecule has 6 nitrogen and oxygen atoms in total. The van der Waals surface area contributed by atoms with Crippen LogP contribution in [0.3, 0.4) is 0 Å². The van der Waals surface area contributed by atoms with Gasteiger partial charge in [-0.2, -0.15) is 18.3 Å². The Balaban J connectivity index is 1.65. The Hall–Kier alpha value is -2.97. The molecule has 0 radical (unpaired) electrons. The Morgan fingerprint density at radius 1 is 1.15 bits per heavy atom. The van der Waals surface area contributed by atoms with E-state index in [2.05, 4.69) is 25.4 Å². The largest absolute Gasteiger partial charge is 0.389 e. The normalized spacial score (nSPS) is 12.8. The van der Waals surface area contributed by atoms with E-state index in [4.69, 9.17) is 0 Å². The van der Waals surface area contributed by atoms with Crippen LogP contribution in [-0.4, -0.2) is 30.9 Å². The molecule has 0 amide bonds. The summed E-state index contributed by atoms with van der Waals surface area (Å²) < 4.78 is 38.7. The van der Waals surface area contributed by atoms with Crippen LogP contribution >= 0.6 is 0 Å². The summed E-state index contributed by atoms with van der Waals surface area (Å²) >= 11 is 0. The number of rotatable bonds is 6. The Labute approximate surface area is 148 Å². The molecule has 0 aliphatic rings. The van der Waals surface area contributed by atoms with E-state index in [9.17, 15) is 13.2 Å². The van der Waals surface area contributed by atoms with Crippen molar-refractivity contribution in [3.63, 3.8) is 0 Å². The molecule has 2 heterocycles. The number of nitrogens with one attached hydrogen (secondary N) is 1. The zero-order valence-electron chi connectivity index (χ0n) is 14.0. The van der Waals surface area contributed by atoms with Gasteiger partial charge in [-0.3, -0.25) is 0 Å². The van der Waals surface area contributed by atoms with Crippen molar-refractivity contribution in [2.45, 2.75) is 32.0 Å². The molecule has 0 saturated heterocycles. The van der Waals surface area contributed by atoms with E-state index in [1.807, 2.05) is 31.2 Å². The van der Waals surface area contributed by atoms with Crippen molar-refractivity contribution in [3.8, 4) is 5.69 Å². The van der Waals surface area contributed by atoms with Crippen molar-refractivity contribution in [1.29, 1.82) is 0 Å². The lowest BCUT2D eigenvalue weighted by molar-refractivity contribution is -0.134. The van der Waals surface area contributed by atoms with Gasteiger partial charge in [-0.05, 0) is 37.1 Å². The van der Waals surface area contributed by atoms with Crippen LogP contribution in [0.1, 0.15) is 30.6 Å². The number of aryl methyl sites for hydroxylation is 1. The van der Waals surface area contributed by atoms with Crippen LogP contribution in [0.2, 0.25) is 0 Å². The SMILES string of the molecule is C[C@@H](Nc1nccc(CCC(F)(F)F)n1)c1ccc(-n2cncn2)cc1. The van der Waals surface area contributed by atoms with Gasteiger partial charge in [0.05, 0.1) is 11.7 Å². The van der Waals surface area contributed by atoms with Crippen molar-refractivity contribution < 1.29 is 13.2 Å². The molecule has 0 saturated carbocycles. The quantitative estimate of drug-likeness (QED) is 0.724. The minimum absolute atomic E-state index is 0.113. The third-order valence-electron chi connectivity index (χ3n) is 3.80. The first kappa shape index (κ1) is 17.8. The molecule has 3 aromatic rings. The smallest absolute Gasteiger partial charge is 0.348 e. The molecule has 26 heavy (non-hydrogen) atoms. The van der Waals surface area contributed by atoms with Crippen LogP contribution in [0.15, 0.2) is 49.2 Å². The summed E-state index contributed by atoms with van der Waals surface area (Å²) in [6.07, 6.45) is -0.734. The summed E-state index contributed by atoms with van der Waals surface area (Å²) in [5.74, 6) is 0.303. The highest BCUT2D eigenvalue weighted by molar-refractivity contribution is 5.37. The highest BCUT2D eigenvalue weighted by atomic mass is 19.4. The van der Waals surface area contributed by atoms with Gasteiger partial charge in [0.15, 0.2) is 0 Å². The molecule has 0 bridgehead atoms. The highest BCUT2D eigenvalue weighted by Crippen LogP contribution is 2.22. The second-order valence-electron chi connectivity index (χ2n) is 5.78. The highest BCUT2D eigenvalue weighted by Gasteiger charge is 2.26.